The van der Waals surface area contributed by atoms with Crippen LogP contribution in [0.5, 0.6) is 0 Å². The van der Waals surface area contributed by atoms with Gasteiger partial charge in [-0.3, -0.25) is 9.88 Å². The number of piperazine rings is 1. The van der Waals surface area contributed by atoms with Gasteiger partial charge in [-0.25, -0.2) is 14.0 Å². The van der Waals surface area contributed by atoms with Crippen LogP contribution in [-0.2, 0) is 4.74 Å². The Morgan fingerprint density at radius 1 is 1.14 bits per heavy atom. The van der Waals surface area contributed by atoms with Crippen LogP contribution in [-0.4, -0.2) is 60.2 Å². The average molecular weight is 401 g/mol. The number of hydrogen-bond donors (Lipinski definition) is 2. The Balaban J connectivity index is 1.65. The molecule has 3 amide bonds. The number of benzene rings is 1. The highest BCUT2D eigenvalue weighted by molar-refractivity contribution is 5.99. The number of pyridine rings is 1. The zero-order valence-corrected chi connectivity index (χ0v) is 16.4. The van der Waals surface area contributed by atoms with E-state index in [1.54, 1.807) is 35.4 Å². The van der Waals surface area contributed by atoms with Crippen LogP contribution < -0.4 is 10.6 Å². The summed E-state index contributed by atoms with van der Waals surface area (Å²) in [6, 6.07) is 7.56. The van der Waals surface area contributed by atoms with E-state index in [2.05, 4.69) is 20.5 Å². The number of rotatable bonds is 4. The van der Waals surface area contributed by atoms with Crippen LogP contribution in [0, 0.1) is 5.82 Å². The van der Waals surface area contributed by atoms with Gasteiger partial charge in [-0.2, -0.15) is 0 Å². The van der Waals surface area contributed by atoms with Gasteiger partial charge in [-0.15, -0.1) is 0 Å². The van der Waals surface area contributed by atoms with Crippen LogP contribution in [0.15, 0.2) is 42.7 Å². The molecule has 2 N–H and O–H groups in total. The van der Waals surface area contributed by atoms with E-state index >= 15 is 4.39 Å². The first-order valence-corrected chi connectivity index (χ1v) is 9.33. The van der Waals surface area contributed by atoms with Crippen molar-refractivity contribution in [3.63, 3.8) is 0 Å². The molecule has 1 aliphatic heterocycles. The minimum absolute atomic E-state index is 0.101. The number of halogens is 1. The van der Waals surface area contributed by atoms with Crippen molar-refractivity contribution in [3.05, 3.63) is 54.1 Å². The van der Waals surface area contributed by atoms with Gasteiger partial charge in [0.25, 0.3) is 0 Å². The van der Waals surface area contributed by atoms with Gasteiger partial charge in [0.1, 0.15) is 0 Å². The minimum atomic E-state index is -0.548. The summed E-state index contributed by atoms with van der Waals surface area (Å²) in [6.07, 6.45) is 2.75. The van der Waals surface area contributed by atoms with Gasteiger partial charge < -0.3 is 20.3 Å². The predicted octanol–water partition coefficient (Wildman–Crippen LogP) is 3.31. The fraction of sp³-hybridized carbons (Fsp3) is 0.350. The average Bonchev–Trinajstić information content (AvgIpc) is 2.75. The molecule has 1 aliphatic rings. The monoisotopic (exact) mass is 401 g/mol. The maximum absolute atomic E-state index is 15.1. The highest BCUT2D eigenvalue weighted by Crippen LogP contribution is 2.28. The lowest BCUT2D eigenvalue weighted by atomic mass is 10.0. The van der Waals surface area contributed by atoms with Gasteiger partial charge in [0.15, 0.2) is 5.82 Å². The van der Waals surface area contributed by atoms with E-state index in [0.29, 0.717) is 37.4 Å². The third-order valence-corrected chi connectivity index (χ3v) is 4.94. The maximum atomic E-state index is 15.1. The van der Waals surface area contributed by atoms with Crippen molar-refractivity contribution in [1.29, 1.82) is 0 Å². The van der Waals surface area contributed by atoms with Crippen LogP contribution in [0.2, 0.25) is 0 Å². The maximum Gasteiger partial charge on any atom is 0.409 e. The molecule has 1 aromatic carbocycles. The Kier molecular flexibility index (Phi) is 6.61. The third-order valence-electron chi connectivity index (χ3n) is 4.94. The number of carbonyl (C=O) groups excluding carboxylic acids is 2. The number of anilines is 2. The molecule has 1 saturated heterocycles. The van der Waals surface area contributed by atoms with E-state index in [1.807, 2.05) is 6.92 Å². The Morgan fingerprint density at radius 2 is 1.90 bits per heavy atom. The number of nitrogens with zero attached hydrogens (tertiary/aromatic N) is 3. The summed E-state index contributed by atoms with van der Waals surface area (Å²) in [5, 5.41) is 5.16. The van der Waals surface area contributed by atoms with Crippen molar-refractivity contribution in [2.24, 2.45) is 0 Å². The van der Waals surface area contributed by atoms with Crippen LogP contribution in [0.1, 0.15) is 18.5 Å². The summed E-state index contributed by atoms with van der Waals surface area (Å²) in [6.45, 7) is 4.16. The van der Waals surface area contributed by atoms with Gasteiger partial charge in [0, 0.05) is 44.0 Å². The fourth-order valence-corrected chi connectivity index (χ4v) is 3.31. The molecule has 0 saturated carbocycles. The number of urea groups is 1. The molecule has 1 atom stereocenters. The number of hydrogen-bond acceptors (Lipinski definition) is 5. The van der Waals surface area contributed by atoms with E-state index in [1.165, 1.54) is 19.4 Å². The van der Waals surface area contributed by atoms with Crippen molar-refractivity contribution in [1.82, 2.24) is 14.8 Å². The quantitative estimate of drug-likeness (QED) is 0.821. The number of aromatic nitrogens is 1. The summed E-state index contributed by atoms with van der Waals surface area (Å²) >= 11 is 0. The molecule has 1 fully saturated rings. The van der Waals surface area contributed by atoms with Gasteiger partial charge in [0.2, 0.25) is 0 Å². The number of nitrogens with one attached hydrogen (secondary N) is 2. The van der Waals surface area contributed by atoms with E-state index in [-0.39, 0.29) is 17.8 Å². The molecule has 8 nitrogen and oxygen atoms in total. The number of methoxy groups -OCH3 is 1. The summed E-state index contributed by atoms with van der Waals surface area (Å²) < 4.78 is 19.8. The highest BCUT2D eigenvalue weighted by Gasteiger charge is 2.27. The fourth-order valence-electron chi connectivity index (χ4n) is 3.31. The predicted molar refractivity (Wildman–Crippen MR) is 107 cm³/mol. The second-order valence-corrected chi connectivity index (χ2v) is 6.70. The van der Waals surface area contributed by atoms with Gasteiger partial charge in [-0.05, 0) is 25.1 Å². The molecular formula is C20H24FN5O3. The number of amides is 3. The lowest BCUT2D eigenvalue weighted by Crippen LogP contribution is -2.49. The van der Waals surface area contributed by atoms with Crippen LogP contribution in [0.25, 0.3) is 0 Å². The SMILES string of the molecule is COC(=O)N1CCN([C@@H](C)c2cccc(NC(=O)Nc3cccnc3)c2F)CC1. The first-order valence-electron chi connectivity index (χ1n) is 9.33. The van der Waals surface area contributed by atoms with E-state index in [0.717, 1.165) is 0 Å². The highest BCUT2D eigenvalue weighted by atomic mass is 19.1. The standard InChI is InChI=1S/C20H24FN5O3/c1-14(25-9-11-26(12-10-25)20(28)29-2)16-6-3-7-17(18(16)21)24-19(27)23-15-5-4-8-22-13-15/h3-8,13-14H,9-12H2,1-2H3,(H2,23,24,27)/t14-/m0/s1. The number of carbonyl (C=O) groups is 2. The third kappa shape index (κ3) is 5.00. The van der Waals surface area contributed by atoms with Crippen LogP contribution in [0.3, 0.4) is 0 Å². The first kappa shape index (κ1) is 20.5. The van der Waals surface area contributed by atoms with Gasteiger partial charge in [0.05, 0.1) is 24.7 Å². The zero-order chi connectivity index (χ0) is 20.8. The molecule has 29 heavy (non-hydrogen) atoms. The van der Waals surface area contributed by atoms with Crippen molar-refractivity contribution in [3.8, 4) is 0 Å². The second kappa shape index (κ2) is 9.33. The molecule has 0 unspecified atom stereocenters. The van der Waals surface area contributed by atoms with Gasteiger partial charge in [-0.1, -0.05) is 12.1 Å². The molecule has 154 valence electrons. The summed E-state index contributed by atoms with van der Waals surface area (Å²) in [5.41, 5.74) is 1.10. The Bertz CT molecular complexity index is 856. The molecule has 2 aromatic rings. The molecule has 0 bridgehead atoms. The van der Waals surface area contributed by atoms with Crippen molar-refractivity contribution in [2.75, 3.05) is 43.9 Å². The van der Waals surface area contributed by atoms with Gasteiger partial charge >= 0.3 is 12.1 Å². The topological polar surface area (TPSA) is 86.8 Å². The van der Waals surface area contributed by atoms with Crippen molar-refractivity contribution >= 4 is 23.5 Å². The smallest absolute Gasteiger partial charge is 0.409 e. The van der Waals surface area contributed by atoms with E-state index < -0.39 is 11.8 Å². The number of ether oxygens (including phenoxy) is 1. The molecule has 9 heteroatoms. The van der Waals surface area contributed by atoms with Crippen molar-refractivity contribution in [2.45, 2.75) is 13.0 Å². The molecule has 0 aliphatic carbocycles. The van der Waals surface area contributed by atoms with E-state index in [4.69, 9.17) is 4.74 Å². The Labute approximate surface area is 168 Å². The molecule has 1 aromatic heterocycles. The molecule has 0 spiro atoms. The van der Waals surface area contributed by atoms with Crippen LogP contribution >= 0.6 is 0 Å². The molecule has 0 radical (unpaired) electrons. The molecular weight excluding hydrogens is 377 g/mol. The normalized spacial score (nSPS) is 15.5. The summed E-state index contributed by atoms with van der Waals surface area (Å²) in [7, 11) is 1.36. The molecule has 3 rings (SSSR count). The zero-order valence-electron chi connectivity index (χ0n) is 16.4. The van der Waals surface area contributed by atoms with Crippen LogP contribution in [0.4, 0.5) is 25.4 Å². The van der Waals surface area contributed by atoms with Crippen molar-refractivity contribution < 1.29 is 18.7 Å². The Hall–Kier alpha value is -3.20. The lowest BCUT2D eigenvalue weighted by Gasteiger charge is -2.37. The Morgan fingerprint density at radius 3 is 2.55 bits per heavy atom. The molecule has 2 heterocycles. The minimum Gasteiger partial charge on any atom is -0.453 e. The second-order valence-electron chi connectivity index (χ2n) is 6.70. The summed E-state index contributed by atoms with van der Waals surface area (Å²) in [4.78, 5) is 31.4. The first-order chi connectivity index (χ1) is 14.0. The lowest BCUT2D eigenvalue weighted by molar-refractivity contribution is 0.0771. The van der Waals surface area contributed by atoms with E-state index in [9.17, 15) is 9.59 Å². The summed E-state index contributed by atoms with van der Waals surface area (Å²) in [5.74, 6) is -0.475. The largest absolute Gasteiger partial charge is 0.453 e.